The highest BCUT2D eigenvalue weighted by Crippen LogP contribution is 2.18. The van der Waals surface area contributed by atoms with Crippen LogP contribution in [-0.4, -0.2) is 63.1 Å². The van der Waals surface area contributed by atoms with Crippen LogP contribution in [0.3, 0.4) is 0 Å². The van der Waals surface area contributed by atoms with Crippen LogP contribution in [0.15, 0.2) is 0 Å². The molecule has 0 aromatic carbocycles. The van der Waals surface area contributed by atoms with Crippen LogP contribution < -0.4 is 16.4 Å². The number of nitrogens with two attached hydrogens (primary N) is 1. The molecule has 1 saturated heterocycles. The molecule has 116 valence electrons. The molecule has 1 aliphatic rings. The van der Waals surface area contributed by atoms with Crippen LogP contribution in [0, 0.1) is 5.92 Å². The Morgan fingerprint density at radius 1 is 1.57 bits per heavy atom. The molecule has 0 bridgehead atoms. The fraction of sp³-hybridized carbons (Fsp3) is 0.727. The molecule has 2 heterocycles. The van der Waals surface area contributed by atoms with Crippen LogP contribution in [0.1, 0.15) is 19.8 Å². The predicted molar refractivity (Wildman–Crippen MR) is 74.2 cm³/mol. The largest absolute Gasteiger partial charge is 0.351 e. The highest BCUT2D eigenvalue weighted by Gasteiger charge is 2.34. The van der Waals surface area contributed by atoms with Gasteiger partial charge in [-0.1, -0.05) is 12.0 Å². The highest BCUT2D eigenvalue weighted by atomic mass is 16.2. The molecule has 1 fully saturated rings. The number of aromatic nitrogens is 4. The number of H-pyrrole nitrogens is 1. The number of hydrogen-bond donors (Lipinski definition) is 4. The Morgan fingerprint density at radius 2 is 2.38 bits per heavy atom. The molecule has 1 aliphatic heterocycles. The molecular formula is C11H20N8O2. The normalized spacial score (nSPS) is 20.6. The Morgan fingerprint density at radius 3 is 3.00 bits per heavy atom. The molecule has 0 radical (unpaired) electrons. The minimum atomic E-state index is -0.505. The third kappa shape index (κ3) is 3.66. The summed E-state index contributed by atoms with van der Waals surface area (Å²) in [6.07, 6.45) is 1.38. The molecule has 0 saturated carbocycles. The maximum atomic E-state index is 12.4. The van der Waals surface area contributed by atoms with Gasteiger partial charge in [0.15, 0.2) is 0 Å². The van der Waals surface area contributed by atoms with Crippen molar-refractivity contribution in [1.82, 2.24) is 30.8 Å². The molecule has 1 aromatic rings. The van der Waals surface area contributed by atoms with Crippen LogP contribution >= 0.6 is 0 Å². The van der Waals surface area contributed by atoms with Gasteiger partial charge in [-0.3, -0.25) is 10.1 Å². The van der Waals surface area contributed by atoms with E-state index >= 15 is 0 Å². The Balaban J connectivity index is 2.12. The van der Waals surface area contributed by atoms with Gasteiger partial charge in [0, 0.05) is 13.1 Å². The number of urea groups is 1. The second-order valence-electron chi connectivity index (χ2n) is 4.90. The fourth-order valence-corrected chi connectivity index (χ4v) is 2.58. The number of aromatic amines is 1. The lowest BCUT2D eigenvalue weighted by atomic mass is 9.94. The van der Waals surface area contributed by atoms with Gasteiger partial charge in [-0.05, 0) is 24.6 Å². The minimum Gasteiger partial charge on any atom is -0.351 e. The monoisotopic (exact) mass is 296 g/mol. The maximum absolute atomic E-state index is 12.4. The number of nitrogens with one attached hydrogen (secondary N) is 3. The topological polar surface area (TPSA) is 142 Å². The molecular weight excluding hydrogens is 276 g/mol. The predicted octanol–water partition coefficient (Wildman–Crippen LogP) is -1.09. The van der Waals surface area contributed by atoms with Gasteiger partial charge in [-0.2, -0.15) is 5.21 Å². The van der Waals surface area contributed by atoms with Gasteiger partial charge in [0.1, 0.15) is 0 Å². The average molecular weight is 296 g/mol. The summed E-state index contributed by atoms with van der Waals surface area (Å²) >= 11 is 0. The molecule has 21 heavy (non-hydrogen) atoms. The number of rotatable bonds is 4. The summed E-state index contributed by atoms with van der Waals surface area (Å²) in [7, 11) is 0. The van der Waals surface area contributed by atoms with Crippen molar-refractivity contribution in [2.24, 2.45) is 11.7 Å². The number of anilines is 1. The number of hydrogen-bond acceptors (Lipinski definition) is 6. The highest BCUT2D eigenvalue weighted by molar-refractivity contribution is 5.91. The Kier molecular flexibility index (Phi) is 5.04. The number of carbonyl (C=O) groups is 2. The van der Waals surface area contributed by atoms with Gasteiger partial charge in [0.05, 0.1) is 12.0 Å². The number of amides is 3. The first-order chi connectivity index (χ1) is 10.1. The van der Waals surface area contributed by atoms with E-state index in [2.05, 4.69) is 31.3 Å². The molecule has 2 rings (SSSR count). The fourth-order valence-electron chi connectivity index (χ4n) is 2.58. The average Bonchev–Trinajstić information content (AvgIpc) is 2.83. The zero-order chi connectivity index (χ0) is 15.2. The van der Waals surface area contributed by atoms with E-state index in [0.29, 0.717) is 19.5 Å². The van der Waals surface area contributed by atoms with Crippen molar-refractivity contribution in [2.45, 2.75) is 25.8 Å². The van der Waals surface area contributed by atoms with Crippen molar-refractivity contribution in [2.75, 3.05) is 25.0 Å². The van der Waals surface area contributed by atoms with Gasteiger partial charge in [0.25, 0.3) is 5.95 Å². The molecule has 5 N–H and O–H groups in total. The Labute approximate surface area is 121 Å². The third-order valence-corrected chi connectivity index (χ3v) is 3.61. The number of primary amides is 1. The van der Waals surface area contributed by atoms with E-state index in [1.807, 2.05) is 6.92 Å². The van der Waals surface area contributed by atoms with E-state index in [9.17, 15) is 9.59 Å². The second kappa shape index (κ2) is 6.97. The number of carbonyl (C=O) groups excluding carboxylic acids is 2. The van der Waals surface area contributed by atoms with E-state index in [1.54, 1.807) is 4.90 Å². The second-order valence-corrected chi connectivity index (χ2v) is 4.90. The van der Waals surface area contributed by atoms with Crippen LogP contribution in [0.4, 0.5) is 10.7 Å². The van der Waals surface area contributed by atoms with Crippen LogP contribution in [0.5, 0.6) is 0 Å². The smallest absolute Gasteiger partial charge is 0.315 e. The van der Waals surface area contributed by atoms with E-state index in [1.165, 1.54) is 0 Å². The van der Waals surface area contributed by atoms with Crippen molar-refractivity contribution in [3.63, 3.8) is 0 Å². The summed E-state index contributed by atoms with van der Waals surface area (Å²) < 4.78 is 0. The van der Waals surface area contributed by atoms with Crippen molar-refractivity contribution in [3.8, 4) is 0 Å². The number of nitrogens with zero attached hydrogens (tertiary/aromatic N) is 4. The van der Waals surface area contributed by atoms with Crippen molar-refractivity contribution in [1.29, 1.82) is 0 Å². The summed E-state index contributed by atoms with van der Waals surface area (Å²) in [5, 5.41) is 18.9. The molecule has 1 aromatic heterocycles. The third-order valence-electron chi connectivity index (χ3n) is 3.61. The van der Waals surface area contributed by atoms with E-state index in [4.69, 9.17) is 5.73 Å². The minimum absolute atomic E-state index is 0.116. The lowest BCUT2D eigenvalue weighted by Crippen LogP contribution is -2.52. The lowest BCUT2D eigenvalue weighted by Gasteiger charge is -2.33. The molecule has 0 spiro atoms. The summed E-state index contributed by atoms with van der Waals surface area (Å²) in [5.41, 5.74) is 5.44. The molecule has 3 amide bonds. The summed E-state index contributed by atoms with van der Waals surface area (Å²) in [6.45, 7) is 3.76. The molecule has 10 nitrogen and oxygen atoms in total. The van der Waals surface area contributed by atoms with Gasteiger partial charge in [-0.25, -0.2) is 4.79 Å². The van der Waals surface area contributed by atoms with Gasteiger partial charge in [0.2, 0.25) is 5.91 Å². The zero-order valence-corrected chi connectivity index (χ0v) is 11.9. The lowest BCUT2D eigenvalue weighted by molar-refractivity contribution is -0.121. The quantitative estimate of drug-likeness (QED) is 0.556. The Bertz CT molecular complexity index is 477. The zero-order valence-electron chi connectivity index (χ0n) is 11.9. The SMILES string of the molecule is CC[C@@H](C(=O)Nc1nn[nH]n1)C1CNCCCN1C(N)=O. The molecule has 0 aliphatic carbocycles. The molecule has 10 heteroatoms. The van der Waals surface area contributed by atoms with Crippen molar-refractivity contribution < 1.29 is 9.59 Å². The number of tetrazole rings is 1. The summed E-state index contributed by atoms with van der Waals surface area (Å²) in [6, 6.07) is -0.795. The van der Waals surface area contributed by atoms with Crippen LogP contribution in [0.2, 0.25) is 0 Å². The van der Waals surface area contributed by atoms with E-state index in [-0.39, 0.29) is 17.9 Å². The molecule has 2 atom stereocenters. The molecule has 1 unspecified atom stereocenters. The van der Waals surface area contributed by atoms with Gasteiger partial charge >= 0.3 is 6.03 Å². The van der Waals surface area contributed by atoms with Gasteiger partial charge < -0.3 is 16.0 Å². The van der Waals surface area contributed by atoms with Crippen molar-refractivity contribution >= 4 is 17.9 Å². The van der Waals surface area contributed by atoms with Crippen LogP contribution in [-0.2, 0) is 4.79 Å². The first kappa shape index (κ1) is 15.2. The van der Waals surface area contributed by atoms with Gasteiger partial charge in [-0.15, -0.1) is 5.10 Å². The summed E-state index contributed by atoms with van der Waals surface area (Å²) in [4.78, 5) is 25.6. The maximum Gasteiger partial charge on any atom is 0.315 e. The van der Waals surface area contributed by atoms with Crippen molar-refractivity contribution in [3.05, 3.63) is 0 Å². The first-order valence-corrected chi connectivity index (χ1v) is 6.94. The van der Waals surface area contributed by atoms with Crippen LogP contribution in [0.25, 0.3) is 0 Å². The van der Waals surface area contributed by atoms with E-state index < -0.39 is 11.9 Å². The van der Waals surface area contributed by atoms with E-state index in [0.717, 1.165) is 13.0 Å². The standard InChI is InChI=1S/C11H20N8O2/c1-2-7(9(20)14-11-15-17-18-16-11)8-6-13-4-3-5-19(8)10(12)21/h7-8,13H,2-6H2,1H3,(H2,12,21)(H2,14,15,16,17,18,20)/t7-,8?/m1/s1. The summed E-state index contributed by atoms with van der Waals surface area (Å²) in [5.74, 6) is -0.536. The Hall–Kier alpha value is -2.23. The first-order valence-electron chi connectivity index (χ1n) is 6.94.